The second kappa shape index (κ2) is 6.17. The van der Waals surface area contributed by atoms with E-state index in [1.807, 2.05) is 0 Å². The van der Waals surface area contributed by atoms with Crippen LogP contribution in [0.4, 0.5) is 0 Å². The van der Waals surface area contributed by atoms with Gasteiger partial charge in [0.25, 0.3) is 0 Å². The molecule has 2 heterocycles. The average molecular weight is 240 g/mol. The van der Waals surface area contributed by atoms with Gasteiger partial charge >= 0.3 is 0 Å². The summed E-state index contributed by atoms with van der Waals surface area (Å²) in [5.74, 6) is 0. The Morgan fingerprint density at radius 3 is 2.53 bits per heavy atom. The van der Waals surface area contributed by atoms with Crippen LogP contribution in [0.15, 0.2) is 0 Å². The molecular weight excluding hydrogens is 212 g/mol. The van der Waals surface area contributed by atoms with Gasteiger partial charge in [0.2, 0.25) is 0 Å². The van der Waals surface area contributed by atoms with E-state index in [-0.39, 0.29) is 5.54 Å². The maximum absolute atomic E-state index is 6.14. The Hall–Kier alpha value is -0.120. The van der Waals surface area contributed by atoms with Crippen LogP contribution in [0, 0.1) is 0 Å². The molecule has 2 aliphatic rings. The van der Waals surface area contributed by atoms with Gasteiger partial charge in [-0.2, -0.15) is 0 Å². The number of nitrogens with two attached hydrogens (primary N) is 1. The molecule has 2 aliphatic heterocycles. The van der Waals surface area contributed by atoms with Crippen LogP contribution in [0.25, 0.3) is 0 Å². The molecule has 0 amide bonds. The van der Waals surface area contributed by atoms with Crippen molar-refractivity contribution in [2.24, 2.45) is 5.73 Å². The first-order chi connectivity index (χ1) is 8.30. The van der Waals surface area contributed by atoms with Gasteiger partial charge in [-0.15, -0.1) is 0 Å². The molecular formula is C14H28N2O. The number of hydrogen-bond acceptors (Lipinski definition) is 3. The van der Waals surface area contributed by atoms with Crippen molar-refractivity contribution < 1.29 is 4.74 Å². The molecule has 2 rings (SSSR count). The van der Waals surface area contributed by atoms with Crippen LogP contribution in [0.3, 0.4) is 0 Å². The first kappa shape index (κ1) is 13.3. The van der Waals surface area contributed by atoms with E-state index in [1.165, 1.54) is 38.8 Å². The first-order valence-corrected chi connectivity index (χ1v) is 7.37. The summed E-state index contributed by atoms with van der Waals surface area (Å²) in [5, 5.41) is 0. The van der Waals surface area contributed by atoms with Gasteiger partial charge in [0.1, 0.15) is 0 Å². The van der Waals surface area contributed by atoms with Crippen LogP contribution in [0.2, 0.25) is 0 Å². The van der Waals surface area contributed by atoms with Crippen molar-refractivity contribution in [3.05, 3.63) is 0 Å². The topological polar surface area (TPSA) is 38.5 Å². The van der Waals surface area contributed by atoms with E-state index in [0.717, 1.165) is 32.4 Å². The third-order valence-electron chi connectivity index (χ3n) is 4.64. The molecule has 17 heavy (non-hydrogen) atoms. The van der Waals surface area contributed by atoms with Crippen molar-refractivity contribution in [3.8, 4) is 0 Å². The molecule has 3 heteroatoms. The molecule has 0 aromatic carbocycles. The van der Waals surface area contributed by atoms with Crippen LogP contribution in [0.1, 0.15) is 51.9 Å². The van der Waals surface area contributed by atoms with Crippen LogP contribution < -0.4 is 5.73 Å². The fraction of sp³-hybridized carbons (Fsp3) is 1.00. The summed E-state index contributed by atoms with van der Waals surface area (Å²) in [6.07, 6.45) is 9.29. The zero-order chi connectivity index (χ0) is 12.1. The van der Waals surface area contributed by atoms with Gasteiger partial charge in [-0.3, -0.25) is 4.90 Å². The van der Waals surface area contributed by atoms with Gasteiger partial charge in [0.05, 0.1) is 6.10 Å². The summed E-state index contributed by atoms with van der Waals surface area (Å²) >= 11 is 0. The summed E-state index contributed by atoms with van der Waals surface area (Å²) in [7, 11) is 0. The lowest BCUT2D eigenvalue weighted by atomic mass is 9.83. The largest absolute Gasteiger partial charge is 0.378 e. The normalized spacial score (nSPS) is 36.7. The van der Waals surface area contributed by atoms with Crippen LogP contribution in [-0.4, -0.2) is 42.8 Å². The number of likely N-dealkylation sites (tertiary alicyclic amines) is 1. The molecule has 0 spiro atoms. The average Bonchev–Trinajstić information content (AvgIpc) is 2.68. The lowest BCUT2D eigenvalue weighted by molar-refractivity contribution is -0.0712. The summed E-state index contributed by atoms with van der Waals surface area (Å²) in [5.41, 5.74) is 6.38. The Labute approximate surface area is 106 Å². The Morgan fingerprint density at radius 2 is 1.94 bits per heavy atom. The lowest BCUT2D eigenvalue weighted by Gasteiger charge is -2.48. The van der Waals surface area contributed by atoms with Crippen LogP contribution in [-0.2, 0) is 4.74 Å². The van der Waals surface area contributed by atoms with Crippen molar-refractivity contribution in [1.29, 1.82) is 0 Å². The Balaban J connectivity index is 2.05. The molecule has 100 valence electrons. The minimum Gasteiger partial charge on any atom is -0.378 e. The summed E-state index contributed by atoms with van der Waals surface area (Å²) in [6.45, 7) is 6.40. The number of hydrogen-bond donors (Lipinski definition) is 1. The highest BCUT2D eigenvalue weighted by Gasteiger charge is 2.40. The van der Waals surface area contributed by atoms with Gasteiger partial charge in [0.15, 0.2) is 0 Å². The van der Waals surface area contributed by atoms with Crippen LogP contribution >= 0.6 is 0 Å². The predicted octanol–water partition coefficient (Wildman–Crippen LogP) is 2.15. The standard InChI is InChI=1S/C14H28N2O/c1-2-13-11-14(12-15,7-10-17-13)16-8-5-3-4-6-9-16/h13H,2-12,15H2,1H3. The van der Waals surface area contributed by atoms with Gasteiger partial charge in [0, 0.05) is 18.7 Å². The minimum atomic E-state index is 0.239. The highest BCUT2D eigenvalue weighted by atomic mass is 16.5. The molecule has 2 atom stereocenters. The second-order valence-electron chi connectivity index (χ2n) is 5.68. The summed E-state index contributed by atoms with van der Waals surface area (Å²) in [4.78, 5) is 2.69. The molecule has 0 radical (unpaired) electrons. The van der Waals surface area contributed by atoms with Crippen LogP contribution in [0.5, 0.6) is 0 Å². The molecule has 0 bridgehead atoms. The van der Waals surface area contributed by atoms with E-state index in [1.54, 1.807) is 0 Å². The molecule has 3 nitrogen and oxygen atoms in total. The van der Waals surface area contributed by atoms with Crippen molar-refractivity contribution in [2.75, 3.05) is 26.2 Å². The lowest BCUT2D eigenvalue weighted by Crippen LogP contribution is -2.58. The van der Waals surface area contributed by atoms with Gasteiger partial charge in [-0.1, -0.05) is 19.8 Å². The van der Waals surface area contributed by atoms with E-state index in [0.29, 0.717) is 6.10 Å². The molecule has 0 aromatic rings. The molecule has 2 unspecified atom stereocenters. The zero-order valence-electron chi connectivity index (χ0n) is 11.3. The number of rotatable bonds is 3. The highest BCUT2D eigenvalue weighted by Crippen LogP contribution is 2.33. The van der Waals surface area contributed by atoms with Crippen molar-refractivity contribution in [3.63, 3.8) is 0 Å². The van der Waals surface area contributed by atoms with E-state index in [4.69, 9.17) is 10.5 Å². The van der Waals surface area contributed by atoms with E-state index >= 15 is 0 Å². The van der Waals surface area contributed by atoms with E-state index in [9.17, 15) is 0 Å². The van der Waals surface area contributed by atoms with E-state index < -0.39 is 0 Å². The fourth-order valence-corrected chi connectivity index (χ4v) is 3.41. The maximum atomic E-state index is 6.14. The number of ether oxygens (including phenoxy) is 1. The fourth-order valence-electron chi connectivity index (χ4n) is 3.41. The molecule has 0 saturated carbocycles. The third kappa shape index (κ3) is 3.01. The van der Waals surface area contributed by atoms with Gasteiger partial charge in [-0.05, 0) is 45.2 Å². The van der Waals surface area contributed by atoms with Gasteiger partial charge < -0.3 is 10.5 Å². The molecule has 2 saturated heterocycles. The monoisotopic (exact) mass is 240 g/mol. The Morgan fingerprint density at radius 1 is 1.24 bits per heavy atom. The quantitative estimate of drug-likeness (QED) is 0.821. The Bertz CT molecular complexity index is 226. The van der Waals surface area contributed by atoms with Crippen molar-refractivity contribution in [1.82, 2.24) is 4.90 Å². The highest BCUT2D eigenvalue weighted by molar-refractivity contribution is 4.96. The Kier molecular flexibility index (Phi) is 4.83. The number of nitrogens with zero attached hydrogens (tertiary/aromatic N) is 1. The summed E-state index contributed by atoms with van der Waals surface area (Å²) < 4.78 is 5.82. The molecule has 0 aliphatic carbocycles. The van der Waals surface area contributed by atoms with Gasteiger partial charge in [-0.25, -0.2) is 0 Å². The smallest absolute Gasteiger partial charge is 0.0590 e. The van der Waals surface area contributed by atoms with Crippen molar-refractivity contribution in [2.45, 2.75) is 63.5 Å². The second-order valence-corrected chi connectivity index (χ2v) is 5.68. The predicted molar refractivity (Wildman–Crippen MR) is 71.1 cm³/mol. The first-order valence-electron chi connectivity index (χ1n) is 7.37. The molecule has 0 aromatic heterocycles. The molecule has 2 fully saturated rings. The maximum Gasteiger partial charge on any atom is 0.0590 e. The van der Waals surface area contributed by atoms with E-state index in [2.05, 4.69) is 11.8 Å². The van der Waals surface area contributed by atoms with Crippen molar-refractivity contribution >= 4 is 0 Å². The zero-order valence-corrected chi connectivity index (χ0v) is 11.3. The summed E-state index contributed by atoms with van der Waals surface area (Å²) in [6, 6.07) is 0. The third-order valence-corrected chi connectivity index (χ3v) is 4.64. The SMILES string of the molecule is CCC1CC(CN)(N2CCCCCC2)CCO1. The molecule has 2 N–H and O–H groups in total. The minimum absolute atomic E-state index is 0.239.